The second kappa shape index (κ2) is 14.2. The van der Waals surface area contributed by atoms with Crippen LogP contribution in [0.15, 0.2) is 0 Å². The molecule has 0 aliphatic rings. The van der Waals surface area contributed by atoms with Crippen molar-refractivity contribution in [3.8, 4) is 0 Å². The fourth-order valence-electron chi connectivity index (χ4n) is 7.04. The minimum atomic E-state index is 0.0636. The van der Waals surface area contributed by atoms with Gasteiger partial charge in [0.15, 0.2) is 0 Å². The zero-order valence-corrected chi connectivity index (χ0v) is 26.6. The summed E-state index contributed by atoms with van der Waals surface area (Å²) in [5.74, 6) is 9.62. The van der Waals surface area contributed by atoms with Crippen LogP contribution in [0, 0.1) is 71.0 Å². The third-order valence-electron chi connectivity index (χ3n) is 7.92. The van der Waals surface area contributed by atoms with E-state index in [2.05, 4.69) is 111 Å². The van der Waals surface area contributed by atoms with Gasteiger partial charge in [0, 0.05) is 0 Å². The van der Waals surface area contributed by atoms with Crippen molar-refractivity contribution in [2.45, 2.75) is 119 Å². The van der Waals surface area contributed by atoms with Crippen molar-refractivity contribution in [1.82, 2.24) is 0 Å². The number of halogens is 1. The monoisotopic (exact) mass is 549 g/mol. The topological polar surface area (TPSA) is 0 Å². The Kier molecular flexibility index (Phi) is 14.5. The predicted molar refractivity (Wildman–Crippen MR) is 140 cm³/mol. The van der Waals surface area contributed by atoms with Gasteiger partial charge in [0.1, 0.15) is 0 Å². The number of hydrogen-bond donors (Lipinski definition) is 0. The van der Waals surface area contributed by atoms with Crippen LogP contribution in [-0.4, -0.2) is 7.85 Å². The molecule has 0 bridgehead atoms. The molecule has 0 aromatic rings. The molecule has 0 saturated carbocycles. The Balaban J connectivity index is 6.71. The molecule has 0 heterocycles. The van der Waals surface area contributed by atoms with Crippen molar-refractivity contribution in [2.75, 3.05) is 0 Å². The molecule has 0 saturated heterocycles. The van der Waals surface area contributed by atoms with Crippen LogP contribution in [0.3, 0.4) is 0 Å². The molecule has 0 aromatic carbocycles. The second-order valence-corrected chi connectivity index (χ2v) is 16.9. The summed E-state index contributed by atoms with van der Waals surface area (Å²) in [5.41, 5.74) is 0. The van der Waals surface area contributed by atoms with Crippen molar-refractivity contribution in [3.05, 3.63) is 0 Å². The second-order valence-electron chi connectivity index (χ2n) is 13.3. The Hall–Kier alpha value is 0.730. The van der Waals surface area contributed by atoms with E-state index < -0.39 is 0 Å². The van der Waals surface area contributed by atoms with Gasteiger partial charge in [-0.05, 0) is 0 Å². The zero-order valence-electron chi connectivity index (χ0n) is 24.5. The molecule has 0 nitrogen and oxygen atoms in total. The van der Waals surface area contributed by atoms with E-state index in [9.17, 15) is 0 Å². The molecule has 0 aromatic heterocycles. The van der Waals surface area contributed by atoms with Gasteiger partial charge in [0.05, 0.1) is 0 Å². The number of hydrogen-bond acceptors (Lipinski definition) is 0. The van der Waals surface area contributed by atoms with E-state index in [-0.39, 0.29) is 21.2 Å². The van der Waals surface area contributed by atoms with Gasteiger partial charge in [-0.25, -0.2) is 0 Å². The van der Waals surface area contributed by atoms with Crippen LogP contribution in [0.25, 0.3) is 0 Å². The molecule has 1 heteroatoms. The molecule has 0 rings (SSSR count). The van der Waals surface area contributed by atoms with Crippen molar-refractivity contribution in [1.29, 1.82) is 0 Å². The van der Waals surface area contributed by atoms with Crippen molar-refractivity contribution >= 4 is 0 Å². The molecular weight excluding hydrogens is 487 g/mol. The van der Waals surface area contributed by atoms with Gasteiger partial charge in [0.25, 0.3) is 0 Å². The van der Waals surface area contributed by atoms with Crippen molar-refractivity contribution in [2.24, 2.45) is 71.0 Å². The Labute approximate surface area is 210 Å². The molecule has 0 spiro atoms. The van der Waals surface area contributed by atoms with Gasteiger partial charge in [-0.2, -0.15) is 0 Å². The third-order valence-corrected chi connectivity index (χ3v) is 12.9. The van der Waals surface area contributed by atoms with Crippen LogP contribution in [0.1, 0.15) is 111 Å². The summed E-state index contributed by atoms with van der Waals surface area (Å²) in [6.07, 6.45) is 0. The first-order valence-corrected chi connectivity index (χ1v) is 16.2. The average Bonchev–Trinajstić information content (AvgIpc) is 2.51. The summed E-state index contributed by atoms with van der Waals surface area (Å²) in [7, 11) is 0. The molecular formula is C30H62I-. The van der Waals surface area contributed by atoms with E-state index in [1.54, 1.807) is 0 Å². The van der Waals surface area contributed by atoms with Crippen LogP contribution in [0.4, 0.5) is 0 Å². The standard InChI is InChI=1S/C30H62I/c1-17(2)25(18(3)4)29(26(19(5)6)20(7)8)31-30(27(21(9)10)22(11)12)28(23(13)14)24(15)16/h17-30H,1-16H3/q-1. The minimum absolute atomic E-state index is 0.0636. The van der Waals surface area contributed by atoms with E-state index in [0.717, 1.165) is 78.9 Å². The van der Waals surface area contributed by atoms with E-state index in [0.29, 0.717) is 0 Å². The molecule has 0 fully saturated rings. The van der Waals surface area contributed by atoms with Gasteiger partial charge in [0.2, 0.25) is 0 Å². The van der Waals surface area contributed by atoms with Crippen LogP contribution >= 0.6 is 0 Å². The number of alkyl halides is 2. The van der Waals surface area contributed by atoms with E-state index in [4.69, 9.17) is 0 Å². The summed E-state index contributed by atoms with van der Waals surface area (Å²) in [5, 5.41) is 0. The van der Waals surface area contributed by atoms with Crippen LogP contribution in [0.5, 0.6) is 0 Å². The molecule has 0 radical (unpaired) electrons. The van der Waals surface area contributed by atoms with E-state index in [1.807, 2.05) is 0 Å². The molecule has 0 aliphatic heterocycles. The van der Waals surface area contributed by atoms with E-state index in [1.165, 1.54) is 0 Å². The van der Waals surface area contributed by atoms with Gasteiger partial charge < -0.3 is 0 Å². The Morgan fingerprint density at radius 3 is 0.484 bits per heavy atom. The number of rotatable bonds is 14. The molecule has 0 atom stereocenters. The van der Waals surface area contributed by atoms with Gasteiger partial charge in [-0.3, -0.25) is 0 Å². The van der Waals surface area contributed by atoms with Crippen LogP contribution in [-0.2, 0) is 0 Å². The summed E-state index contributed by atoms with van der Waals surface area (Å²) >= 11 is 0.0636. The average molecular weight is 550 g/mol. The van der Waals surface area contributed by atoms with Crippen molar-refractivity contribution < 1.29 is 21.2 Å². The summed E-state index contributed by atoms with van der Waals surface area (Å²) < 4.78 is 1.84. The van der Waals surface area contributed by atoms with Gasteiger partial charge in [-0.15, -0.1) is 0 Å². The van der Waals surface area contributed by atoms with Gasteiger partial charge in [-0.1, -0.05) is 0 Å². The Morgan fingerprint density at radius 1 is 0.258 bits per heavy atom. The first-order chi connectivity index (χ1) is 14.1. The third kappa shape index (κ3) is 9.12. The first-order valence-electron chi connectivity index (χ1n) is 13.7. The van der Waals surface area contributed by atoms with Crippen LogP contribution < -0.4 is 21.2 Å². The maximum absolute atomic E-state index is 2.51. The van der Waals surface area contributed by atoms with Crippen molar-refractivity contribution in [3.63, 3.8) is 0 Å². The fourth-order valence-corrected chi connectivity index (χ4v) is 16.6. The van der Waals surface area contributed by atoms with Crippen LogP contribution in [0.2, 0.25) is 0 Å². The molecule has 31 heavy (non-hydrogen) atoms. The van der Waals surface area contributed by atoms with E-state index >= 15 is 0 Å². The predicted octanol–water partition coefficient (Wildman–Crippen LogP) is 6.53. The SMILES string of the molecule is CC(C)C(C(C)C)C([I-]C(C(C(C)C)C(C)C)C(C(C)C)C(C)C)C(C(C)C)C(C)C. The normalized spacial score (nSPS) is 14.3. The first kappa shape index (κ1) is 31.7. The summed E-state index contributed by atoms with van der Waals surface area (Å²) in [6, 6.07) is 0. The Morgan fingerprint density at radius 2 is 0.387 bits per heavy atom. The molecule has 190 valence electrons. The summed E-state index contributed by atoms with van der Waals surface area (Å²) in [4.78, 5) is 0. The Bertz CT molecular complexity index is 343. The molecule has 0 N–H and O–H groups in total. The molecule has 0 amide bonds. The zero-order chi connectivity index (χ0) is 24.8. The summed E-state index contributed by atoms with van der Waals surface area (Å²) in [6.45, 7) is 40.2. The molecule has 0 unspecified atom stereocenters. The van der Waals surface area contributed by atoms with Gasteiger partial charge >= 0.3 is 211 Å². The molecule has 0 aliphatic carbocycles. The fraction of sp³-hybridized carbons (Fsp3) is 1.00. The maximum atomic E-state index is 2.51. The quantitative estimate of drug-likeness (QED) is 0.171.